The van der Waals surface area contributed by atoms with E-state index in [1.807, 2.05) is 32.9 Å². The Bertz CT molecular complexity index is 531. The number of benzene rings is 1. The second kappa shape index (κ2) is 7.77. The Morgan fingerprint density at radius 1 is 1.30 bits per heavy atom. The molecule has 1 saturated heterocycles. The van der Waals surface area contributed by atoms with Gasteiger partial charge in [-0.3, -0.25) is 0 Å². The standard InChI is InChI=1S/C18H26BrNO3/c1-17(2,3)23-16(21)13-22-18(8-5-10-20-11-9-18)14-6-4-7-15(19)12-14/h4,6-7,12,20H,5,8-11,13H2,1-3H3. The SMILES string of the molecule is CC(C)(C)OC(=O)COC1(c2cccc(Br)c2)CCCNCC1. The van der Waals surface area contributed by atoms with E-state index in [9.17, 15) is 4.79 Å². The van der Waals surface area contributed by atoms with E-state index in [0.717, 1.165) is 42.4 Å². The van der Waals surface area contributed by atoms with Gasteiger partial charge in [0.1, 0.15) is 12.2 Å². The largest absolute Gasteiger partial charge is 0.458 e. The van der Waals surface area contributed by atoms with Crippen molar-refractivity contribution in [2.45, 2.75) is 51.2 Å². The minimum Gasteiger partial charge on any atom is -0.458 e. The Labute approximate surface area is 147 Å². The van der Waals surface area contributed by atoms with Gasteiger partial charge in [0.05, 0.1) is 5.60 Å². The molecule has 1 fully saturated rings. The van der Waals surface area contributed by atoms with Crippen molar-refractivity contribution in [3.05, 3.63) is 34.3 Å². The maximum absolute atomic E-state index is 12.1. The number of carbonyl (C=O) groups excluding carboxylic acids is 1. The topological polar surface area (TPSA) is 47.6 Å². The van der Waals surface area contributed by atoms with E-state index in [-0.39, 0.29) is 12.6 Å². The van der Waals surface area contributed by atoms with E-state index in [1.54, 1.807) is 0 Å². The fourth-order valence-corrected chi connectivity index (χ4v) is 3.29. The summed E-state index contributed by atoms with van der Waals surface area (Å²) in [6.07, 6.45) is 2.74. The highest BCUT2D eigenvalue weighted by Gasteiger charge is 2.35. The van der Waals surface area contributed by atoms with Crippen molar-refractivity contribution < 1.29 is 14.3 Å². The Morgan fingerprint density at radius 3 is 2.78 bits per heavy atom. The van der Waals surface area contributed by atoms with Crippen molar-refractivity contribution in [3.8, 4) is 0 Å². The number of carbonyl (C=O) groups is 1. The van der Waals surface area contributed by atoms with Crippen molar-refractivity contribution in [3.63, 3.8) is 0 Å². The molecule has 0 bridgehead atoms. The molecule has 1 aromatic rings. The van der Waals surface area contributed by atoms with Crippen LogP contribution < -0.4 is 5.32 Å². The highest BCUT2D eigenvalue weighted by molar-refractivity contribution is 9.10. The summed E-state index contributed by atoms with van der Waals surface area (Å²) in [6.45, 7) is 7.43. The summed E-state index contributed by atoms with van der Waals surface area (Å²) in [5.41, 5.74) is 0.178. The normalized spacial score (nSPS) is 22.4. The average molecular weight is 384 g/mol. The number of rotatable bonds is 4. The fraction of sp³-hybridized carbons (Fsp3) is 0.611. The molecule has 23 heavy (non-hydrogen) atoms. The van der Waals surface area contributed by atoms with E-state index in [2.05, 4.69) is 33.4 Å². The molecule has 0 aliphatic carbocycles. The second-order valence-electron chi connectivity index (χ2n) is 6.98. The number of esters is 1. The Hall–Kier alpha value is -0.910. The lowest BCUT2D eigenvalue weighted by atomic mass is 9.86. The Balaban J connectivity index is 2.16. The second-order valence-corrected chi connectivity index (χ2v) is 7.90. The maximum atomic E-state index is 12.1. The van der Waals surface area contributed by atoms with Gasteiger partial charge in [-0.1, -0.05) is 28.1 Å². The van der Waals surface area contributed by atoms with Crippen LogP contribution in [0, 0.1) is 0 Å². The molecule has 4 nitrogen and oxygen atoms in total. The van der Waals surface area contributed by atoms with Crippen LogP contribution in [0.4, 0.5) is 0 Å². The maximum Gasteiger partial charge on any atom is 0.332 e. The molecule has 0 radical (unpaired) electrons. The summed E-state index contributed by atoms with van der Waals surface area (Å²) >= 11 is 3.53. The van der Waals surface area contributed by atoms with E-state index in [1.165, 1.54) is 0 Å². The molecule has 1 aromatic carbocycles. The third kappa shape index (κ3) is 5.59. The molecule has 5 heteroatoms. The van der Waals surface area contributed by atoms with Crippen LogP contribution in [0.5, 0.6) is 0 Å². The Morgan fingerprint density at radius 2 is 2.09 bits per heavy atom. The summed E-state index contributed by atoms with van der Waals surface area (Å²) in [7, 11) is 0. The molecule has 0 spiro atoms. The zero-order valence-electron chi connectivity index (χ0n) is 14.2. The van der Waals surface area contributed by atoms with Crippen molar-refractivity contribution >= 4 is 21.9 Å². The molecule has 0 amide bonds. The third-order valence-electron chi connectivity index (χ3n) is 3.88. The highest BCUT2D eigenvalue weighted by Crippen LogP contribution is 2.36. The van der Waals surface area contributed by atoms with Crippen molar-refractivity contribution in [2.75, 3.05) is 19.7 Å². The van der Waals surface area contributed by atoms with Gasteiger partial charge in [-0.25, -0.2) is 4.79 Å². The van der Waals surface area contributed by atoms with Crippen LogP contribution in [0.3, 0.4) is 0 Å². The lowest BCUT2D eigenvalue weighted by Crippen LogP contribution is -2.35. The number of hydrogen-bond acceptors (Lipinski definition) is 4. The quantitative estimate of drug-likeness (QED) is 0.803. The van der Waals surface area contributed by atoms with E-state index in [4.69, 9.17) is 9.47 Å². The first-order chi connectivity index (χ1) is 10.8. The van der Waals surface area contributed by atoms with Crippen LogP contribution in [-0.4, -0.2) is 31.3 Å². The van der Waals surface area contributed by atoms with Crippen LogP contribution in [-0.2, 0) is 19.9 Å². The van der Waals surface area contributed by atoms with Crippen LogP contribution in [0.2, 0.25) is 0 Å². The summed E-state index contributed by atoms with van der Waals surface area (Å²) < 4.78 is 12.6. The molecular formula is C18H26BrNO3. The summed E-state index contributed by atoms with van der Waals surface area (Å²) in [4.78, 5) is 12.1. The van der Waals surface area contributed by atoms with Crippen molar-refractivity contribution in [1.82, 2.24) is 5.32 Å². The van der Waals surface area contributed by atoms with Gasteiger partial charge in [-0.05, 0) is 70.8 Å². The Kier molecular flexibility index (Phi) is 6.23. The van der Waals surface area contributed by atoms with Crippen molar-refractivity contribution in [1.29, 1.82) is 0 Å². The molecule has 2 rings (SSSR count). The molecule has 0 saturated carbocycles. The third-order valence-corrected chi connectivity index (χ3v) is 4.37. The van der Waals surface area contributed by atoms with Crippen LogP contribution >= 0.6 is 15.9 Å². The lowest BCUT2D eigenvalue weighted by molar-refractivity contribution is -0.168. The monoisotopic (exact) mass is 383 g/mol. The first-order valence-electron chi connectivity index (χ1n) is 8.13. The van der Waals surface area contributed by atoms with E-state index >= 15 is 0 Å². The molecule has 1 unspecified atom stereocenters. The zero-order valence-corrected chi connectivity index (χ0v) is 15.7. The van der Waals surface area contributed by atoms with Gasteiger partial charge in [0.15, 0.2) is 0 Å². The van der Waals surface area contributed by atoms with Gasteiger partial charge in [-0.2, -0.15) is 0 Å². The number of ether oxygens (including phenoxy) is 2. The summed E-state index contributed by atoms with van der Waals surface area (Å²) in [6, 6.07) is 8.17. The van der Waals surface area contributed by atoms with Crippen LogP contribution in [0.1, 0.15) is 45.6 Å². The smallest absolute Gasteiger partial charge is 0.332 e. The van der Waals surface area contributed by atoms with E-state index in [0.29, 0.717) is 0 Å². The number of nitrogens with one attached hydrogen (secondary N) is 1. The average Bonchev–Trinajstić information content (AvgIpc) is 2.70. The molecule has 1 N–H and O–H groups in total. The van der Waals surface area contributed by atoms with Gasteiger partial charge in [-0.15, -0.1) is 0 Å². The number of halogens is 1. The summed E-state index contributed by atoms with van der Waals surface area (Å²) in [5, 5.41) is 3.40. The van der Waals surface area contributed by atoms with Gasteiger partial charge in [0, 0.05) is 4.47 Å². The van der Waals surface area contributed by atoms with Gasteiger partial charge in [0.25, 0.3) is 0 Å². The minimum absolute atomic E-state index is 0.0240. The summed E-state index contributed by atoms with van der Waals surface area (Å²) in [5.74, 6) is -0.316. The minimum atomic E-state index is -0.492. The predicted molar refractivity (Wildman–Crippen MR) is 94.3 cm³/mol. The fourth-order valence-electron chi connectivity index (χ4n) is 2.90. The first-order valence-corrected chi connectivity index (χ1v) is 8.93. The molecule has 1 aliphatic rings. The lowest BCUT2D eigenvalue weighted by Gasteiger charge is -2.33. The van der Waals surface area contributed by atoms with E-state index < -0.39 is 11.2 Å². The highest BCUT2D eigenvalue weighted by atomic mass is 79.9. The van der Waals surface area contributed by atoms with Gasteiger partial charge < -0.3 is 14.8 Å². The molecule has 0 aromatic heterocycles. The number of hydrogen-bond donors (Lipinski definition) is 1. The van der Waals surface area contributed by atoms with Gasteiger partial charge >= 0.3 is 5.97 Å². The molecule has 1 heterocycles. The first kappa shape index (κ1) is 18.4. The predicted octanol–water partition coefficient (Wildman–Crippen LogP) is 3.78. The zero-order chi connectivity index (χ0) is 16.9. The molecule has 1 atom stereocenters. The molecular weight excluding hydrogens is 358 g/mol. The van der Waals surface area contributed by atoms with Crippen LogP contribution in [0.25, 0.3) is 0 Å². The van der Waals surface area contributed by atoms with Crippen molar-refractivity contribution in [2.24, 2.45) is 0 Å². The van der Waals surface area contributed by atoms with Crippen LogP contribution in [0.15, 0.2) is 28.7 Å². The van der Waals surface area contributed by atoms with Gasteiger partial charge in [0.2, 0.25) is 0 Å². The molecule has 1 aliphatic heterocycles. The molecule has 128 valence electrons.